The van der Waals surface area contributed by atoms with Crippen molar-refractivity contribution in [3.05, 3.63) is 141 Å². The highest BCUT2D eigenvalue weighted by Crippen LogP contribution is 2.29. The van der Waals surface area contributed by atoms with Crippen LogP contribution >= 0.6 is 23.2 Å². The van der Waals surface area contributed by atoms with E-state index in [9.17, 15) is 4.79 Å². The maximum absolute atomic E-state index is 13.7. The number of benzene rings is 4. The molecule has 0 saturated carbocycles. The van der Waals surface area contributed by atoms with E-state index in [-0.39, 0.29) is 24.0 Å². The molecule has 1 N–H and O–H groups in total. The average Bonchev–Trinajstić information content (AvgIpc) is 2.92. The smallest absolute Gasteiger partial charge is 0.254 e. The van der Waals surface area contributed by atoms with Gasteiger partial charge in [-0.1, -0.05) is 114 Å². The summed E-state index contributed by atoms with van der Waals surface area (Å²) in [6.07, 6.45) is 2.51. The van der Waals surface area contributed by atoms with Crippen LogP contribution in [0.4, 0.5) is 0 Å². The number of likely N-dealkylation sites (tertiary alicyclic amines) is 1. The Morgan fingerprint density at radius 1 is 0.811 bits per heavy atom. The van der Waals surface area contributed by atoms with Gasteiger partial charge >= 0.3 is 0 Å². The van der Waals surface area contributed by atoms with Crippen LogP contribution in [-0.4, -0.2) is 29.4 Å². The zero-order valence-corrected chi connectivity index (χ0v) is 22.1. The van der Waals surface area contributed by atoms with Crippen molar-refractivity contribution in [3.8, 4) is 0 Å². The lowest BCUT2D eigenvalue weighted by Crippen LogP contribution is -2.52. The largest absolute Gasteiger partial charge is 0.335 e. The lowest BCUT2D eigenvalue weighted by atomic mass is 9.89. The zero-order chi connectivity index (χ0) is 25.6. The van der Waals surface area contributed by atoms with E-state index in [1.54, 1.807) is 18.2 Å². The fourth-order valence-corrected chi connectivity index (χ4v) is 5.83. The molecule has 5 rings (SSSR count). The molecule has 1 heterocycles. The summed E-state index contributed by atoms with van der Waals surface area (Å²) in [4.78, 5) is 15.7. The molecule has 5 heteroatoms. The van der Waals surface area contributed by atoms with Gasteiger partial charge < -0.3 is 10.2 Å². The maximum atomic E-state index is 13.7. The molecule has 0 spiro atoms. The van der Waals surface area contributed by atoms with E-state index in [1.807, 2.05) is 23.1 Å². The van der Waals surface area contributed by atoms with E-state index >= 15 is 0 Å². The van der Waals surface area contributed by atoms with Crippen molar-refractivity contribution >= 4 is 29.1 Å². The van der Waals surface area contributed by atoms with Gasteiger partial charge in [-0.25, -0.2) is 0 Å². The number of piperidine rings is 1. The molecule has 0 unspecified atom stereocenters. The minimum atomic E-state index is -0.0218. The zero-order valence-electron chi connectivity index (χ0n) is 20.6. The molecule has 0 aromatic heterocycles. The van der Waals surface area contributed by atoms with E-state index in [0.717, 1.165) is 19.3 Å². The van der Waals surface area contributed by atoms with E-state index in [2.05, 4.69) is 78.1 Å². The minimum Gasteiger partial charge on any atom is -0.335 e. The molecule has 3 nitrogen and oxygen atoms in total. The Hall–Kier alpha value is -3.11. The first-order valence-corrected chi connectivity index (χ1v) is 13.5. The lowest BCUT2D eigenvalue weighted by Gasteiger charge is -2.41. The first-order chi connectivity index (χ1) is 18.1. The number of hydrogen-bond donors (Lipinski definition) is 1. The Morgan fingerprint density at radius 3 is 1.92 bits per heavy atom. The Labute approximate surface area is 229 Å². The summed E-state index contributed by atoms with van der Waals surface area (Å²) in [5.41, 5.74) is 4.23. The van der Waals surface area contributed by atoms with Gasteiger partial charge in [0.2, 0.25) is 0 Å². The van der Waals surface area contributed by atoms with Gasteiger partial charge in [-0.2, -0.15) is 0 Å². The van der Waals surface area contributed by atoms with Gasteiger partial charge in [-0.05, 0) is 54.2 Å². The molecule has 1 aliphatic rings. The van der Waals surface area contributed by atoms with E-state index in [0.29, 0.717) is 22.2 Å². The fourth-order valence-electron chi connectivity index (χ4n) is 5.30. The summed E-state index contributed by atoms with van der Waals surface area (Å²) >= 11 is 12.5. The van der Waals surface area contributed by atoms with Crippen LogP contribution < -0.4 is 5.32 Å². The van der Waals surface area contributed by atoms with Crippen molar-refractivity contribution in [2.75, 3.05) is 6.54 Å². The van der Waals surface area contributed by atoms with Crippen molar-refractivity contribution in [1.29, 1.82) is 0 Å². The number of halogens is 2. The van der Waals surface area contributed by atoms with Gasteiger partial charge in [0.25, 0.3) is 5.91 Å². The first kappa shape index (κ1) is 25.5. The standard InChI is InChI=1S/C32H30Cl2N2O/c33-27-19-26(20-28(34)21-27)32(37)36-17-16-29(22-30(36)18-23-10-4-1-5-11-23)35-31(24-12-6-2-7-13-24)25-14-8-3-9-15-25/h1-15,19-21,29-31,35H,16-18,22H2/t29-,30+/m0/s1. The van der Waals surface area contributed by atoms with E-state index in [4.69, 9.17) is 23.2 Å². The molecular weight excluding hydrogens is 499 g/mol. The third-order valence-electron chi connectivity index (χ3n) is 7.07. The predicted molar refractivity (Wildman–Crippen MR) is 152 cm³/mol. The second kappa shape index (κ2) is 12.0. The number of amides is 1. The van der Waals surface area contributed by atoms with Gasteiger partial charge in [0.05, 0.1) is 6.04 Å². The van der Waals surface area contributed by atoms with E-state index < -0.39 is 0 Å². The molecular formula is C32H30Cl2N2O. The molecule has 188 valence electrons. The van der Waals surface area contributed by atoms with Crippen LogP contribution in [0.25, 0.3) is 0 Å². The van der Waals surface area contributed by atoms with Crippen molar-refractivity contribution < 1.29 is 4.79 Å². The lowest BCUT2D eigenvalue weighted by molar-refractivity contribution is 0.0573. The molecule has 1 saturated heterocycles. The Kier molecular flexibility index (Phi) is 8.25. The fraction of sp³-hybridized carbons (Fsp3) is 0.219. The average molecular weight is 530 g/mol. The third-order valence-corrected chi connectivity index (χ3v) is 7.50. The number of nitrogens with one attached hydrogen (secondary N) is 1. The number of rotatable bonds is 7. The van der Waals surface area contributed by atoms with Crippen molar-refractivity contribution in [1.82, 2.24) is 10.2 Å². The number of carbonyl (C=O) groups is 1. The highest BCUT2D eigenvalue weighted by atomic mass is 35.5. The van der Waals surface area contributed by atoms with Gasteiger partial charge in [0, 0.05) is 34.2 Å². The van der Waals surface area contributed by atoms with Crippen LogP contribution in [0.1, 0.15) is 45.9 Å². The van der Waals surface area contributed by atoms with Gasteiger partial charge in [-0.3, -0.25) is 4.79 Å². The van der Waals surface area contributed by atoms with Crippen LogP contribution in [-0.2, 0) is 6.42 Å². The summed E-state index contributed by atoms with van der Waals surface area (Å²) in [6.45, 7) is 0.661. The second-order valence-corrected chi connectivity index (χ2v) is 10.5. The normalized spacial score (nSPS) is 17.6. The van der Waals surface area contributed by atoms with Crippen molar-refractivity contribution in [2.24, 2.45) is 0 Å². The third kappa shape index (κ3) is 6.42. The van der Waals surface area contributed by atoms with Crippen LogP contribution in [0.3, 0.4) is 0 Å². The molecule has 1 aliphatic heterocycles. The second-order valence-electron chi connectivity index (χ2n) is 9.64. The molecule has 1 amide bonds. The monoisotopic (exact) mass is 528 g/mol. The van der Waals surface area contributed by atoms with Gasteiger partial charge in [0.15, 0.2) is 0 Å². The Bertz CT molecular complexity index is 1250. The van der Waals surface area contributed by atoms with E-state index in [1.165, 1.54) is 16.7 Å². The predicted octanol–water partition coefficient (Wildman–Crippen LogP) is 7.59. The van der Waals surface area contributed by atoms with Crippen LogP contribution in [0.2, 0.25) is 10.0 Å². The number of nitrogens with zero attached hydrogens (tertiary/aromatic N) is 1. The summed E-state index contributed by atoms with van der Waals surface area (Å²) in [5, 5.41) is 4.89. The molecule has 0 aliphatic carbocycles. The van der Waals surface area contributed by atoms with Crippen LogP contribution in [0.5, 0.6) is 0 Å². The summed E-state index contributed by atoms with van der Waals surface area (Å²) in [5.74, 6) is -0.0218. The SMILES string of the molecule is O=C(c1cc(Cl)cc(Cl)c1)N1CC[C@H](NC(c2ccccc2)c2ccccc2)C[C@H]1Cc1ccccc1. The first-order valence-electron chi connectivity index (χ1n) is 12.7. The molecule has 1 fully saturated rings. The molecule has 4 aromatic carbocycles. The maximum Gasteiger partial charge on any atom is 0.254 e. The Morgan fingerprint density at radius 2 is 1.35 bits per heavy atom. The molecule has 4 aromatic rings. The molecule has 37 heavy (non-hydrogen) atoms. The summed E-state index contributed by atoms with van der Waals surface area (Å²) in [6, 6.07) is 37.0. The summed E-state index contributed by atoms with van der Waals surface area (Å²) in [7, 11) is 0. The molecule has 2 atom stereocenters. The highest BCUT2D eigenvalue weighted by Gasteiger charge is 2.33. The highest BCUT2D eigenvalue weighted by molar-refractivity contribution is 6.35. The quantitative estimate of drug-likeness (QED) is 0.268. The molecule has 0 radical (unpaired) electrons. The number of hydrogen-bond acceptors (Lipinski definition) is 2. The Balaban J connectivity index is 1.41. The topological polar surface area (TPSA) is 32.3 Å². The van der Waals surface area contributed by atoms with Gasteiger partial charge in [-0.15, -0.1) is 0 Å². The number of carbonyl (C=O) groups excluding carboxylic acids is 1. The minimum absolute atomic E-state index is 0.0218. The molecule has 0 bridgehead atoms. The van der Waals surface area contributed by atoms with Crippen LogP contribution in [0.15, 0.2) is 109 Å². The van der Waals surface area contributed by atoms with Gasteiger partial charge in [0.1, 0.15) is 0 Å². The summed E-state index contributed by atoms with van der Waals surface area (Å²) < 4.78 is 0. The van der Waals surface area contributed by atoms with Crippen LogP contribution in [0, 0.1) is 0 Å². The van der Waals surface area contributed by atoms with Crippen molar-refractivity contribution in [3.63, 3.8) is 0 Å². The van der Waals surface area contributed by atoms with Crippen molar-refractivity contribution in [2.45, 2.75) is 37.4 Å².